The molecule has 4 nitrogen and oxygen atoms in total. The number of aromatic nitrogens is 2. The molecule has 2 N–H and O–H groups in total. The van der Waals surface area contributed by atoms with Gasteiger partial charge in [-0.15, -0.1) is 0 Å². The Bertz CT molecular complexity index is 439. The van der Waals surface area contributed by atoms with E-state index in [1.165, 1.54) is 0 Å². The van der Waals surface area contributed by atoms with Crippen LogP contribution >= 0.6 is 11.8 Å². The van der Waals surface area contributed by atoms with Gasteiger partial charge in [-0.3, -0.25) is 4.79 Å². The molecule has 1 fully saturated rings. The Labute approximate surface area is 105 Å². The first-order valence-corrected chi connectivity index (χ1v) is 7.27. The third-order valence-electron chi connectivity index (χ3n) is 3.19. The summed E-state index contributed by atoms with van der Waals surface area (Å²) in [5, 5.41) is 9.89. The minimum absolute atomic E-state index is 0.0626. The second-order valence-electron chi connectivity index (χ2n) is 4.37. The van der Waals surface area contributed by atoms with E-state index in [0.29, 0.717) is 17.1 Å². The summed E-state index contributed by atoms with van der Waals surface area (Å²) in [6, 6.07) is 0. The summed E-state index contributed by atoms with van der Waals surface area (Å²) < 4.78 is 0. The minimum Gasteiger partial charge on any atom is -0.493 e. The topological polar surface area (TPSA) is 66.0 Å². The Morgan fingerprint density at radius 3 is 2.76 bits per heavy atom. The van der Waals surface area contributed by atoms with Crippen LogP contribution in [0, 0.1) is 0 Å². The summed E-state index contributed by atoms with van der Waals surface area (Å²) in [6.45, 7) is 2.05. The van der Waals surface area contributed by atoms with Crippen LogP contribution in [0.4, 0.5) is 0 Å². The van der Waals surface area contributed by atoms with Crippen LogP contribution in [0.25, 0.3) is 0 Å². The van der Waals surface area contributed by atoms with E-state index < -0.39 is 0 Å². The molecule has 0 saturated heterocycles. The number of hydrogen-bond donors (Lipinski definition) is 2. The van der Waals surface area contributed by atoms with Gasteiger partial charge in [-0.1, -0.05) is 19.8 Å². The van der Waals surface area contributed by atoms with Crippen molar-refractivity contribution in [2.45, 2.75) is 44.3 Å². The van der Waals surface area contributed by atoms with E-state index in [4.69, 9.17) is 0 Å². The lowest BCUT2D eigenvalue weighted by Gasteiger charge is -2.10. The van der Waals surface area contributed by atoms with Crippen molar-refractivity contribution in [3.05, 3.63) is 21.7 Å². The fourth-order valence-corrected chi connectivity index (χ4v) is 2.90. The number of nitrogens with zero attached hydrogens (tertiary/aromatic N) is 1. The van der Waals surface area contributed by atoms with Gasteiger partial charge < -0.3 is 10.1 Å². The van der Waals surface area contributed by atoms with Crippen molar-refractivity contribution in [2.24, 2.45) is 0 Å². The number of hydrogen-bond acceptors (Lipinski definition) is 4. The summed E-state index contributed by atoms with van der Waals surface area (Å²) in [6.07, 6.45) is 4.25. The smallest absolute Gasteiger partial charge is 0.258 e. The van der Waals surface area contributed by atoms with Gasteiger partial charge >= 0.3 is 0 Å². The molecule has 2 rings (SSSR count). The van der Waals surface area contributed by atoms with E-state index in [9.17, 15) is 9.90 Å². The van der Waals surface area contributed by atoms with E-state index in [2.05, 4.69) is 16.9 Å². The second kappa shape index (κ2) is 5.58. The molecule has 0 aliphatic heterocycles. The van der Waals surface area contributed by atoms with E-state index in [-0.39, 0.29) is 17.4 Å². The third kappa shape index (κ3) is 2.83. The van der Waals surface area contributed by atoms with E-state index in [1.54, 1.807) is 11.8 Å². The molecule has 0 amide bonds. The van der Waals surface area contributed by atoms with Crippen LogP contribution < -0.4 is 5.56 Å². The van der Waals surface area contributed by atoms with Gasteiger partial charge in [0.2, 0.25) is 5.88 Å². The fourth-order valence-electron chi connectivity index (χ4n) is 2.37. The molecule has 0 spiro atoms. The largest absolute Gasteiger partial charge is 0.493 e. The number of H-pyrrole nitrogens is 1. The number of thioether (sulfide) groups is 1. The first kappa shape index (κ1) is 12.5. The summed E-state index contributed by atoms with van der Waals surface area (Å²) in [5.74, 6) is 2.31. The van der Waals surface area contributed by atoms with Gasteiger partial charge in [0.05, 0.1) is 11.3 Å². The molecular weight excluding hydrogens is 236 g/mol. The highest BCUT2D eigenvalue weighted by atomic mass is 32.2. The first-order chi connectivity index (χ1) is 8.22. The predicted molar refractivity (Wildman–Crippen MR) is 69.6 cm³/mol. The molecule has 0 radical (unpaired) electrons. The number of aromatic hydroxyl groups is 1. The lowest BCUT2D eigenvalue weighted by Crippen LogP contribution is -2.18. The third-order valence-corrected chi connectivity index (χ3v) is 4.08. The molecule has 0 aromatic carbocycles. The molecule has 1 aliphatic carbocycles. The zero-order valence-electron chi connectivity index (χ0n) is 10.0. The van der Waals surface area contributed by atoms with Crippen molar-refractivity contribution in [2.75, 3.05) is 5.75 Å². The van der Waals surface area contributed by atoms with Crippen LogP contribution in [0.3, 0.4) is 0 Å². The molecule has 0 atom stereocenters. The highest BCUT2D eigenvalue weighted by Crippen LogP contribution is 2.35. The van der Waals surface area contributed by atoms with Gasteiger partial charge in [0.15, 0.2) is 0 Å². The number of rotatable bonds is 4. The van der Waals surface area contributed by atoms with E-state index in [1.807, 2.05) is 0 Å². The molecule has 0 unspecified atom stereocenters. The molecule has 1 aromatic heterocycles. The van der Waals surface area contributed by atoms with Crippen LogP contribution in [0.5, 0.6) is 5.88 Å². The van der Waals surface area contributed by atoms with Gasteiger partial charge in [0.1, 0.15) is 5.82 Å². The molecule has 1 aromatic rings. The monoisotopic (exact) mass is 254 g/mol. The standard InChI is InChI=1S/C12H18N2O2S/c1-2-17-7-9-13-11(15)10(12(16)14-9)8-5-3-4-6-8/h8H,2-7H2,1H3,(H2,13,14,15,16). The van der Waals surface area contributed by atoms with Crippen LogP contribution in [0.15, 0.2) is 4.79 Å². The average Bonchev–Trinajstić information content (AvgIpc) is 2.79. The van der Waals surface area contributed by atoms with Crippen LogP contribution in [-0.4, -0.2) is 20.8 Å². The van der Waals surface area contributed by atoms with Crippen LogP contribution in [0.1, 0.15) is 49.9 Å². The Kier molecular flexibility index (Phi) is 4.10. The highest BCUT2D eigenvalue weighted by Gasteiger charge is 2.24. The second-order valence-corrected chi connectivity index (χ2v) is 5.64. The minimum atomic E-state index is -0.156. The van der Waals surface area contributed by atoms with Crippen molar-refractivity contribution in [3.8, 4) is 5.88 Å². The molecule has 1 saturated carbocycles. The van der Waals surface area contributed by atoms with Crippen LogP contribution in [0.2, 0.25) is 0 Å². The Hall–Kier alpha value is -0.970. The van der Waals surface area contributed by atoms with Gasteiger partial charge in [0.25, 0.3) is 5.56 Å². The van der Waals surface area contributed by atoms with Crippen molar-refractivity contribution in [1.29, 1.82) is 0 Å². The molecule has 1 heterocycles. The highest BCUT2D eigenvalue weighted by molar-refractivity contribution is 7.98. The van der Waals surface area contributed by atoms with Crippen molar-refractivity contribution < 1.29 is 5.11 Å². The number of aromatic amines is 1. The normalized spacial score (nSPS) is 16.5. The SMILES string of the molecule is CCSCc1nc(O)c(C2CCCC2)c(=O)[nH]1. The summed E-state index contributed by atoms with van der Waals surface area (Å²) in [7, 11) is 0. The van der Waals surface area contributed by atoms with Crippen molar-refractivity contribution in [3.63, 3.8) is 0 Å². The van der Waals surface area contributed by atoms with Gasteiger partial charge in [-0.05, 0) is 24.5 Å². The lowest BCUT2D eigenvalue weighted by atomic mass is 10.00. The van der Waals surface area contributed by atoms with Gasteiger partial charge in [0, 0.05) is 0 Å². The molecule has 0 bridgehead atoms. The maximum absolute atomic E-state index is 11.9. The van der Waals surface area contributed by atoms with E-state index >= 15 is 0 Å². The fraction of sp³-hybridized carbons (Fsp3) is 0.667. The molecule has 17 heavy (non-hydrogen) atoms. The van der Waals surface area contributed by atoms with Crippen LogP contribution in [-0.2, 0) is 5.75 Å². The quantitative estimate of drug-likeness (QED) is 0.865. The van der Waals surface area contributed by atoms with Gasteiger partial charge in [-0.2, -0.15) is 16.7 Å². The van der Waals surface area contributed by atoms with E-state index in [0.717, 1.165) is 31.4 Å². The summed E-state index contributed by atoms with van der Waals surface area (Å²) in [4.78, 5) is 18.8. The molecular formula is C12H18N2O2S. The Morgan fingerprint density at radius 1 is 1.47 bits per heavy atom. The summed E-state index contributed by atoms with van der Waals surface area (Å²) >= 11 is 1.67. The Morgan fingerprint density at radius 2 is 2.18 bits per heavy atom. The maximum atomic E-state index is 11.9. The molecule has 1 aliphatic rings. The lowest BCUT2D eigenvalue weighted by molar-refractivity contribution is 0.433. The van der Waals surface area contributed by atoms with Crippen molar-refractivity contribution >= 4 is 11.8 Å². The zero-order chi connectivity index (χ0) is 12.3. The first-order valence-electron chi connectivity index (χ1n) is 6.12. The predicted octanol–water partition coefficient (Wildman–Crippen LogP) is 2.39. The number of nitrogens with one attached hydrogen (secondary N) is 1. The average molecular weight is 254 g/mol. The zero-order valence-corrected chi connectivity index (χ0v) is 10.8. The molecule has 5 heteroatoms. The van der Waals surface area contributed by atoms with Gasteiger partial charge in [-0.25, -0.2) is 0 Å². The summed E-state index contributed by atoms with van der Waals surface area (Å²) in [5.41, 5.74) is 0.337. The van der Waals surface area contributed by atoms with Crippen molar-refractivity contribution in [1.82, 2.24) is 9.97 Å². The Balaban J connectivity index is 2.25. The molecule has 94 valence electrons. The maximum Gasteiger partial charge on any atom is 0.258 e.